The number of hydrogen-bond acceptors (Lipinski definition) is 3. The maximum absolute atomic E-state index is 13.1. The highest BCUT2D eigenvalue weighted by atomic mass is 79.9. The Balaban J connectivity index is 3.18. The minimum atomic E-state index is -3.57. The molecular weight excluding hydrogens is 287 g/mol. The molecule has 0 fully saturated rings. The van der Waals surface area contributed by atoms with Crippen molar-refractivity contribution in [2.24, 2.45) is 0 Å². The molecule has 0 unspecified atom stereocenters. The second kappa shape index (κ2) is 4.59. The van der Waals surface area contributed by atoms with Crippen molar-refractivity contribution in [3.8, 4) is 6.07 Å². The molecule has 0 radical (unpaired) electrons. The molecule has 0 heterocycles. The summed E-state index contributed by atoms with van der Waals surface area (Å²) in [5.74, 6) is -0.757. The lowest BCUT2D eigenvalue weighted by atomic mass is 10.2. The molecule has 1 rings (SSSR count). The Labute approximate surface area is 94.9 Å². The second-order valence-corrected chi connectivity index (χ2v) is 5.63. The SMILES string of the molecule is N#Cc1c(F)cccc1NS(=O)(=O)CBr. The average Bonchev–Trinajstić information content (AvgIpc) is 2.18. The number of hydrogen-bond donors (Lipinski definition) is 1. The van der Waals surface area contributed by atoms with Crippen LogP contribution >= 0.6 is 15.9 Å². The second-order valence-electron chi connectivity index (χ2n) is 2.60. The smallest absolute Gasteiger partial charge is 0.242 e. The van der Waals surface area contributed by atoms with E-state index in [0.717, 1.165) is 6.07 Å². The molecule has 7 heteroatoms. The highest BCUT2D eigenvalue weighted by Gasteiger charge is 2.13. The van der Waals surface area contributed by atoms with Gasteiger partial charge >= 0.3 is 0 Å². The number of nitriles is 1. The fourth-order valence-corrected chi connectivity index (χ4v) is 1.82. The highest BCUT2D eigenvalue weighted by Crippen LogP contribution is 2.19. The van der Waals surface area contributed by atoms with Gasteiger partial charge in [0.2, 0.25) is 10.0 Å². The topological polar surface area (TPSA) is 70.0 Å². The third-order valence-corrected chi connectivity index (χ3v) is 4.16. The van der Waals surface area contributed by atoms with Crippen LogP contribution in [-0.4, -0.2) is 13.1 Å². The van der Waals surface area contributed by atoms with Crippen molar-refractivity contribution in [2.45, 2.75) is 0 Å². The van der Waals surface area contributed by atoms with Crippen LogP contribution in [0, 0.1) is 17.1 Å². The fourth-order valence-electron chi connectivity index (χ4n) is 0.918. The van der Waals surface area contributed by atoms with E-state index in [1.165, 1.54) is 12.1 Å². The molecule has 0 bridgehead atoms. The molecule has 0 saturated carbocycles. The number of nitrogens with zero attached hydrogens (tertiary/aromatic N) is 1. The Bertz CT molecular complexity index is 510. The van der Waals surface area contributed by atoms with E-state index in [9.17, 15) is 12.8 Å². The largest absolute Gasteiger partial charge is 0.281 e. The van der Waals surface area contributed by atoms with E-state index in [0.29, 0.717) is 0 Å². The monoisotopic (exact) mass is 292 g/mol. The quantitative estimate of drug-likeness (QED) is 0.864. The predicted molar refractivity (Wildman–Crippen MR) is 57.5 cm³/mol. The highest BCUT2D eigenvalue weighted by molar-refractivity contribution is 9.10. The van der Waals surface area contributed by atoms with Crippen LogP contribution in [-0.2, 0) is 10.0 Å². The standard InChI is InChI=1S/C8H6BrFN2O2S/c9-5-15(13,14)12-8-3-1-2-7(10)6(8)4-11/h1-3,12H,5H2. The lowest BCUT2D eigenvalue weighted by molar-refractivity contribution is 0.605. The van der Waals surface area contributed by atoms with Gasteiger partial charge in [-0.25, -0.2) is 12.8 Å². The van der Waals surface area contributed by atoms with E-state index < -0.39 is 15.8 Å². The molecule has 1 aromatic rings. The van der Waals surface area contributed by atoms with Crippen LogP contribution in [0.2, 0.25) is 0 Å². The van der Waals surface area contributed by atoms with Gasteiger partial charge in [0.25, 0.3) is 0 Å². The fraction of sp³-hybridized carbons (Fsp3) is 0.125. The molecule has 80 valence electrons. The molecule has 0 aliphatic rings. The molecule has 15 heavy (non-hydrogen) atoms. The van der Waals surface area contributed by atoms with Gasteiger partial charge in [0.15, 0.2) is 0 Å². The van der Waals surface area contributed by atoms with Crippen molar-refractivity contribution in [3.05, 3.63) is 29.6 Å². The summed E-state index contributed by atoms with van der Waals surface area (Å²) < 4.78 is 37.2. The number of rotatable bonds is 3. The zero-order valence-electron chi connectivity index (χ0n) is 7.37. The molecule has 0 saturated heterocycles. The summed E-state index contributed by atoms with van der Waals surface area (Å²) >= 11 is 2.77. The first-order valence-electron chi connectivity index (χ1n) is 3.75. The summed E-state index contributed by atoms with van der Waals surface area (Å²) in [5.41, 5.74) is -0.376. The molecule has 0 aromatic heterocycles. The minimum Gasteiger partial charge on any atom is -0.281 e. The Morgan fingerprint density at radius 1 is 1.53 bits per heavy atom. The van der Waals surface area contributed by atoms with Gasteiger partial charge in [-0.05, 0) is 12.1 Å². The molecule has 0 spiro atoms. The number of sulfonamides is 1. The molecule has 0 atom stereocenters. The van der Waals surface area contributed by atoms with Crippen molar-refractivity contribution in [3.63, 3.8) is 0 Å². The van der Waals surface area contributed by atoms with Crippen LogP contribution in [0.25, 0.3) is 0 Å². The number of anilines is 1. The van der Waals surface area contributed by atoms with Crippen LogP contribution in [0.1, 0.15) is 5.56 Å². The summed E-state index contributed by atoms with van der Waals surface area (Å²) in [6, 6.07) is 5.32. The molecule has 1 aromatic carbocycles. The van der Waals surface area contributed by atoms with Crippen molar-refractivity contribution in [2.75, 3.05) is 9.38 Å². The Kier molecular flexibility index (Phi) is 3.66. The Morgan fingerprint density at radius 3 is 2.73 bits per heavy atom. The number of nitrogens with one attached hydrogen (secondary N) is 1. The van der Waals surface area contributed by atoms with E-state index in [1.807, 2.05) is 0 Å². The Hall–Kier alpha value is -1.13. The van der Waals surface area contributed by atoms with Gasteiger partial charge in [-0.2, -0.15) is 5.26 Å². The van der Waals surface area contributed by atoms with Crippen LogP contribution in [0.5, 0.6) is 0 Å². The molecule has 0 aliphatic heterocycles. The van der Waals surface area contributed by atoms with Gasteiger partial charge in [0.1, 0.15) is 22.1 Å². The molecule has 0 amide bonds. The van der Waals surface area contributed by atoms with E-state index in [2.05, 4.69) is 20.7 Å². The summed E-state index contributed by atoms with van der Waals surface area (Å²) in [4.78, 5) is 0. The number of halogens is 2. The summed E-state index contributed by atoms with van der Waals surface area (Å²) in [6.07, 6.45) is 0. The first-order chi connectivity index (χ1) is 7.00. The minimum absolute atomic E-state index is 0.0584. The third-order valence-electron chi connectivity index (χ3n) is 1.53. The van der Waals surface area contributed by atoms with Gasteiger partial charge in [-0.15, -0.1) is 0 Å². The van der Waals surface area contributed by atoms with Crippen LogP contribution in [0.4, 0.5) is 10.1 Å². The van der Waals surface area contributed by atoms with E-state index in [1.54, 1.807) is 6.07 Å². The zero-order chi connectivity index (χ0) is 11.5. The van der Waals surface area contributed by atoms with Crippen molar-refractivity contribution in [1.82, 2.24) is 0 Å². The lowest BCUT2D eigenvalue weighted by Crippen LogP contribution is -2.14. The summed E-state index contributed by atoms with van der Waals surface area (Å²) in [5, 5.41) is 8.63. The van der Waals surface area contributed by atoms with E-state index in [4.69, 9.17) is 5.26 Å². The predicted octanol–water partition coefficient (Wildman–Crippen LogP) is 1.79. The normalized spacial score (nSPS) is 10.7. The maximum atomic E-state index is 13.1. The Morgan fingerprint density at radius 2 is 2.20 bits per heavy atom. The van der Waals surface area contributed by atoms with Crippen LogP contribution in [0.3, 0.4) is 0 Å². The number of alkyl halides is 1. The van der Waals surface area contributed by atoms with Crippen molar-refractivity contribution in [1.29, 1.82) is 5.26 Å². The van der Waals surface area contributed by atoms with Gasteiger partial charge in [0, 0.05) is 0 Å². The van der Waals surface area contributed by atoms with Gasteiger partial charge < -0.3 is 0 Å². The summed E-state index contributed by atoms with van der Waals surface area (Å²) in [6.45, 7) is 0. The number of benzene rings is 1. The van der Waals surface area contributed by atoms with Crippen LogP contribution in [0.15, 0.2) is 18.2 Å². The zero-order valence-corrected chi connectivity index (χ0v) is 9.77. The lowest BCUT2D eigenvalue weighted by Gasteiger charge is -2.06. The summed E-state index contributed by atoms with van der Waals surface area (Å²) in [7, 11) is -3.57. The average molecular weight is 293 g/mol. The first-order valence-corrected chi connectivity index (χ1v) is 6.52. The molecular formula is C8H6BrFN2O2S. The van der Waals surface area contributed by atoms with E-state index >= 15 is 0 Å². The van der Waals surface area contributed by atoms with Crippen molar-refractivity contribution >= 4 is 31.6 Å². The van der Waals surface area contributed by atoms with Gasteiger partial charge in [-0.1, -0.05) is 22.0 Å². The van der Waals surface area contributed by atoms with Crippen LogP contribution < -0.4 is 4.72 Å². The van der Waals surface area contributed by atoms with E-state index in [-0.39, 0.29) is 15.9 Å². The molecule has 4 nitrogen and oxygen atoms in total. The third kappa shape index (κ3) is 2.91. The van der Waals surface area contributed by atoms with Gasteiger partial charge in [0.05, 0.1) is 5.69 Å². The maximum Gasteiger partial charge on any atom is 0.242 e. The first kappa shape index (κ1) is 11.9. The van der Waals surface area contributed by atoms with Gasteiger partial charge in [-0.3, -0.25) is 4.72 Å². The molecule has 1 N–H and O–H groups in total. The van der Waals surface area contributed by atoms with Crippen molar-refractivity contribution < 1.29 is 12.8 Å². The molecule has 0 aliphatic carbocycles.